The van der Waals surface area contributed by atoms with Crippen LogP contribution in [0.4, 0.5) is 0 Å². The van der Waals surface area contributed by atoms with Crippen molar-refractivity contribution in [3.8, 4) is 0 Å². The van der Waals surface area contributed by atoms with E-state index in [2.05, 4.69) is 24.5 Å². The van der Waals surface area contributed by atoms with Gasteiger partial charge in [0.05, 0.1) is 5.56 Å². The smallest absolute Gasteiger partial charge is 0.254 e. The van der Waals surface area contributed by atoms with Crippen molar-refractivity contribution < 1.29 is 9.59 Å². The molecule has 0 radical (unpaired) electrons. The lowest BCUT2D eigenvalue weighted by Crippen LogP contribution is -2.43. The number of likely N-dealkylation sites (tertiary alicyclic amines) is 1. The van der Waals surface area contributed by atoms with Crippen molar-refractivity contribution in [2.24, 2.45) is 11.8 Å². The van der Waals surface area contributed by atoms with Crippen molar-refractivity contribution in [3.63, 3.8) is 0 Å². The van der Waals surface area contributed by atoms with Crippen LogP contribution in [0.3, 0.4) is 0 Å². The van der Waals surface area contributed by atoms with E-state index in [4.69, 9.17) is 0 Å². The molecular formula is C19H28N2O2S. The van der Waals surface area contributed by atoms with Gasteiger partial charge >= 0.3 is 0 Å². The van der Waals surface area contributed by atoms with Gasteiger partial charge in [-0.25, -0.2) is 0 Å². The number of nitrogens with zero attached hydrogens (tertiary/aromatic N) is 1. The molecule has 0 bridgehead atoms. The fourth-order valence-electron chi connectivity index (χ4n) is 3.76. The van der Waals surface area contributed by atoms with Crippen LogP contribution in [0, 0.1) is 11.8 Å². The minimum atomic E-state index is 0.0674. The predicted octanol–water partition coefficient (Wildman–Crippen LogP) is 3.25. The standard InChI is InChI=1S/C19H28N2O2S/c1-3-8-20-18(22)14-6-9-21(10-7-14)19(23)16-12-24-17-11-13(2)4-5-15(16)17/h12-14H,3-11H2,1-2H3,(H,20,22). The van der Waals surface area contributed by atoms with E-state index in [1.807, 2.05) is 4.90 Å². The maximum absolute atomic E-state index is 12.9. The average Bonchev–Trinajstić information content (AvgIpc) is 3.02. The zero-order valence-electron chi connectivity index (χ0n) is 14.8. The minimum Gasteiger partial charge on any atom is -0.356 e. The first-order valence-electron chi connectivity index (χ1n) is 9.26. The molecule has 1 aliphatic carbocycles. The largest absolute Gasteiger partial charge is 0.356 e. The van der Waals surface area contributed by atoms with Gasteiger partial charge in [0.2, 0.25) is 5.91 Å². The molecule has 0 aromatic carbocycles. The van der Waals surface area contributed by atoms with Gasteiger partial charge in [-0.05, 0) is 50.0 Å². The maximum atomic E-state index is 12.9. The molecule has 1 aromatic heterocycles. The molecule has 3 rings (SSSR count). The van der Waals surface area contributed by atoms with E-state index in [1.165, 1.54) is 16.9 Å². The Kier molecular flexibility index (Phi) is 5.59. The lowest BCUT2D eigenvalue weighted by atomic mass is 9.88. The molecule has 5 heteroatoms. The summed E-state index contributed by atoms with van der Waals surface area (Å²) in [5.74, 6) is 1.13. The van der Waals surface area contributed by atoms with Crippen LogP contribution in [0.5, 0.6) is 0 Å². The van der Waals surface area contributed by atoms with Gasteiger partial charge in [-0.2, -0.15) is 0 Å². The molecule has 1 aliphatic heterocycles. The molecule has 1 N–H and O–H groups in total. The molecule has 132 valence electrons. The summed E-state index contributed by atoms with van der Waals surface area (Å²) >= 11 is 1.75. The number of thiophene rings is 1. The summed E-state index contributed by atoms with van der Waals surface area (Å²) in [6, 6.07) is 0. The van der Waals surface area contributed by atoms with E-state index in [9.17, 15) is 9.59 Å². The van der Waals surface area contributed by atoms with Gasteiger partial charge < -0.3 is 10.2 Å². The lowest BCUT2D eigenvalue weighted by Gasteiger charge is -2.31. The Hall–Kier alpha value is -1.36. The van der Waals surface area contributed by atoms with Gasteiger partial charge in [0, 0.05) is 35.8 Å². The highest BCUT2D eigenvalue weighted by atomic mass is 32.1. The molecule has 2 amide bonds. The molecular weight excluding hydrogens is 320 g/mol. The van der Waals surface area contributed by atoms with Gasteiger partial charge in [-0.1, -0.05) is 13.8 Å². The third-order valence-electron chi connectivity index (χ3n) is 5.33. The van der Waals surface area contributed by atoms with Gasteiger partial charge in [-0.3, -0.25) is 9.59 Å². The zero-order chi connectivity index (χ0) is 17.1. The molecule has 0 saturated carbocycles. The minimum absolute atomic E-state index is 0.0674. The quantitative estimate of drug-likeness (QED) is 0.908. The summed E-state index contributed by atoms with van der Waals surface area (Å²) in [7, 11) is 0. The summed E-state index contributed by atoms with van der Waals surface area (Å²) in [5, 5.41) is 5.04. The van der Waals surface area contributed by atoms with Gasteiger partial charge in [0.25, 0.3) is 5.91 Å². The fraction of sp³-hybridized carbons (Fsp3) is 0.684. The van der Waals surface area contributed by atoms with Crippen LogP contribution in [0.15, 0.2) is 5.38 Å². The average molecular weight is 349 g/mol. The molecule has 1 fully saturated rings. The van der Waals surface area contributed by atoms with Crippen LogP contribution in [0.1, 0.15) is 60.3 Å². The van der Waals surface area contributed by atoms with Crippen LogP contribution in [0.25, 0.3) is 0 Å². The highest BCUT2D eigenvalue weighted by Crippen LogP contribution is 2.34. The molecule has 2 heterocycles. The van der Waals surface area contributed by atoms with Crippen LogP contribution < -0.4 is 5.32 Å². The Bertz CT molecular complexity index is 603. The number of hydrogen-bond donors (Lipinski definition) is 1. The van der Waals surface area contributed by atoms with Gasteiger partial charge in [0.15, 0.2) is 0 Å². The third-order valence-corrected chi connectivity index (χ3v) is 6.39. The van der Waals surface area contributed by atoms with Crippen molar-refractivity contribution in [2.75, 3.05) is 19.6 Å². The van der Waals surface area contributed by atoms with Crippen molar-refractivity contribution in [3.05, 3.63) is 21.4 Å². The van der Waals surface area contributed by atoms with Crippen LogP contribution in [-0.4, -0.2) is 36.3 Å². The highest BCUT2D eigenvalue weighted by Gasteiger charge is 2.30. The predicted molar refractivity (Wildman–Crippen MR) is 97.4 cm³/mol. The molecule has 1 atom stereocenters. The maximum Gasteiger partial charge on any atom is 0.254 e. The first-order chi connectivity index (χ1) is 11.6. The Balaban J connectivity index is 1.59. The Labute approximate surface area is 148 Å². The van der Waals surface area contributed by atoms with E-state index in [1.54, 1.807) is 11.3 Å². The zero-order valence-corrected chi connectivity index (χ0v) is 15.6. The van der Waals surface area contributed by atoms with Crippen LogP contribution in [0.2, 0.25) is 0 Å². The van der Waals surface area contributed by atoms with Gasteiger partial charge in [-0.15, -0.1) is 11.3 Å². The van der Waals surface area contributed by atoms with E-state index in [0.29, 0.717) is 13.1 Å². The summed E-state index contributed by atoms with van der Waals surface area (Å²) in [6.45, 7) is 6.49. The molecule has 1 unspecified atom stereocenters. The fourth-order valence-corrected chi connectivity index (χ4v) is 5.00. The van der Waals surface area contributed by atoms with Crippen LogP contribution in [-0.2, 0) is 17.6 Å². The first-order valence-corrected chi connectivity index (χ1v) is 10.1. The highest BCUT2D eigenvalue weighted by molar-refractivity contribution is 7.10. The summed E-state index contributed by atoms with van der Waals surface area (Å²) in [6.07, 6.45) is 5.87. The third kappa shape index (κ3) is 3.66. The number of hydrogen-bond acceptors (Lipinski definition) is 3. The number of fused-ring (bicyclic) bond motifs is 1. The SMILES string of the molecule is CCCNC(=O)C1CCN(C(=O)c2csc3c2CCC(C)C3)CC1. The van der Waals surface area contributed by atoms with Crippen LogP contribution >= 0.6 is 11.3 Å². The topological polar surface area (TPSA) is 49.4 Å². The normalized spacial score (nSPS) is 21.4. The monoisotopic (exact) mass is 348 g/mol. The van der Waals surface area contributed by atoms with E-state index < -0.39 is 0 Å². The second-order valence-corrected chi connectivity index (χ2v) is 8.22. The van der Waals surface area contributed by atoms with Crippen molar-refractivity contribution in [1.29, 1.82) is 0 Å². The molecule has 1 aromatic rings. The summed E-state index contributed by atoms with van der Waals surface area (Å²) < 4.78 is 0. The van der Waals surface area contributed by atoms with Crippen molar-refractivity contribution in [1.82, 2.24) is 10.2 Å². The number of piperidine rings is 1. The van der Waals surface area contributed by atoms with Gasteiger partial charge in [0.1, 0.15) is 0 Å². The second kappa shape index (κ2) is 7.68. The number of carbonyl (C=O) groups is 2. The number of carbonyl (C=O) groups excluding carboxylic acids is 2. The molecule has 4 nitrogen and oxygen atoms in total. The molecule has 2 aliphatic rings. The van der Waals surface area contributed by atoms with E-state index >= 15 is 0 Å². The number of rotatable bonds is 4. The Morgan fingerprint density at radius 2 is 2.04 bits per heavy atom. The lowest BCUT2D eigenvalue weighted by molar-refractivity contribution is -0.126. The summed E-state index contributed by atoms with van der Waals surface area (Å²) in [5.41, 5.74) is 2.22. The molecule has 1 saturated heterocycles. The Morgan fingerprint density at radius 1 is 1.29 bits per heavy atom. The summed E-state index contributed by atoms with van der Waals surface area (Å²) in [4.78, 5) is 28.3. The van der Waals surface area contributed by atoms with E-state index in [0.717, 1.165) is 50.1 Å². The van der Waals surface area contributed by atoms with Crippen molar-refractivity contribution >= 4 is 23.2 Å². The van der Waals surface area contributed by atoms with Crippen molar-refractivity contribution in [2.45, 2.75) is 52.4 Å². The number of amides is 2. The molecule has 0 spiro atoms. The molecule has 24 heavy (non-hydrogen) atoms. The second-order valence-electron chi connectivity index (χ2n) is 7.26. The van der Waals surface area contributed by atoms with E-state index in [-0.39, 0.29) is 17.7 Å². The first kappa shape index (κ1) is 17.5. The Morgan fingerprint density at radius 3 is 2.75 bits per heavy atom. The number of nitrogens with one attached hydrogen (secondary N) is 1.